The van der Waals surface area contributed by atoms with Gasteiger partial charge in [0.25, 0.3) is 0 Å². The van der Waals surface area contributed by atoms with Gasteiger partial charge in [0.15, 0.2) is 17.4 Å². The summed E-state index contributed by atoms with van der Waals surface area (Å²) in [6.45, 7) is 0. The highest BCUT2D eigenvalue weighted by molar-refractivity contribution is 6.56. The smallest absolute Gasteiger partial charge is 0.421 e. The molecule has 0 amide bonds. The van der Waals surface area contributed by atoms with Gasteiger partial charge in [0.05, 0.1) is 0 Å². The number of aromatic nitrogens is 3. The van der Waals surface area contributed by atoms with Gasteiger partial charge in [0.2, 0.25) is 0 Å². The van der Waals surface area contributed by atoms with E-state index in [1.54, 1.807) is 0 Å². The minimum Gasteiger partial charge on any atom is -0.421 e. The number of hydrogen-bond acceptors (Lipinski definition) is 5. The summed E-state index contributed by atoms with van der Waals surface area (Å²) in [5.74, 6) is 0.817. The van der Waals surface area contributed by atoms with Crippen LogP contribution in [0.1, 0.15) is 18.4 Å². The van der Waals surface area contributed by atoms with Crippen LogP contribution in [-0.2, 0) is 0 Å². The molecule has 0 aliphatic heterocycles. The standard InChI is InChI=1S/C21H18BN3O2/c26-22(27)21-24-19(17-9-5-2-6-10-17)23-20(25-21)18-13-11-16(12-14-18)15-7-3-1-4-8-15/h2-3,5-14,26-27H,1,4H2. The van der Waals surface area contributed by atoms with Crippen molar-refractivity contribution in [2.75, 3.05) is 0 Å². The van der Waals surface area contributed by atoms with Crippen molar-refractivity contribution in [3.05, 3.63) is 78.4 Å². The molecule has 132 valence electrons. The van der Waals surface area contributed by atoms with Crippen LogP contribution >= 0.6 is 0 Å². The Labute approximate surface area is 157 Å². The van der Waals surface area contributed by atoms with Gasteiger partial charge in [-0.1, -0.05) is 72.8 Å². The zero-order valence-electron chi connectivity index (χ0n) is 14.7. The first-order valence-electron chi connectivity index (χ1n) is 8.86. The minimum atomic E-state index is -1.76. The van der Waals surface area contributed by atoms with E-state index in [1.165, 1.54) is 5.57 Å². The van der Waals surface area contributed by atoms with Crippen molar-refractivity contribution >= 4 is 18.4 Å². The molecule has 0 saturated heterocycles. The Morgan fingerprint density at radius 2 is 1.33 bits per heavy atom. The van der Waals surface area contributed by atoms with E-state index in [-0.39, 0.29) is 5.72 Å². The van der Waals surface area contributed by atoms with Crippen LogP contribution in [0.15, 0.2) is 72.8 Å². The average molecular weight is 355 g/mol. The largest absolute Gasteiger partial charge is 0.528 e. The summed E-state index contributed by atoms with van der Waals surface area (Å²) in [5, 5.41) is 19.1. The molecule has 0 saturated carbocycles. The highest BCUT2D eigenvalue weighted by Gasteiger charge is 2.19. The molecule has 0 atom stereocenters. The van der Waals surface area contributed by atoms with Gasteiger partial charge in [0, 0.05) is 11.1 Å². The lowest BCUT2D eigenvalue weighted by molar-refractivity contribution is 0.422. The predicted octanol–water partition coefficient (Wildman–Crippen LogP) is 2.62. The SMILES string of the molecule is OB(O)c1nc(-c2ccccc2)nc(-c2ccc(C3=CCCC=C3)cc2)n1. The molecule has 0 spiro atoms. The maximum Gasteiger partial charge on any atom is 0.528 e. The fourth-order valence-corrected chi connectivity index (χ4v) is 2.99. The summed E-state index contributed by atoms with van der Waals surface area (Å²) in [5.41, 5.74) is 3.85. The fraction of sp³-hybridized carbons (Fsp3) is 0.0952. The van der Waals surface area contributed by atoms with Crippen molar-refractivity contribution < 1.29 is 10.0 Å². The van der Waals surface area contributed by atoms with Gasteiger partial charge < -0.3 is 10.0 Å². The quantitative estimate of drug-likeness (QED) is 0.704. The minimum absolute atomic E-state index is 0.0687. The topological polar surface area (TPSA) is 79.1 Å². The van der Waals surface area contributed by atoms with E-state index in [9.17, 15) is 10.0 Å². The summed E-state index contributed by atoms with van der Waals surface area (Å²) in [6.07, 6.45) is 8.68. The van der Waals surface area contributed by atoms with Crippen LogP contribution in [0.2, 0.25) is 0 Å². The second-order valence-electron chi connectivity index (χ2n) is 6.30. The molecule has 1 heterocycles. The Balaban J connectivity index is 1.73. The van der Waals surface area contributed by atoms with Crippen molar-refractivity contribution in [2.45, 2.75) is 12.8 Å². The van der Waals surface area contributed by atoms with E-state index >= 15 is 0 Å². The number of nitrogens with zero attached hydrogens (tertiary/aromatic N) is 3. The van der Waals surface area contributed by atoms with E-state index in [2.05, 4.69) is 33.2 Å². The van der Waals surface area contributed by atoms with Gasteiger partial charge in [-0.2, -0.15) is 0 Å². The molecule has 0 radical (unpaired) electrons. The van der Waals surface area contributed by atoms with Crippen molar-refractivity contribution in [3.8, 4) is 22.8 Å². The number of benzene rings is 2. The van der Waals surface area contributed by atoms with Gasteiger partial charge in [-0.25, -0.2) is 15.0 Å². The predicted molar refractivity (Wildman–Crippen MR) is 107 cm³/mol. The van der Waals surface area contributed by atoms with E-state index in [0.29, 0.717) is 11.6 Å². The second-order valence-corrected chi connectivity index (χ2v) is 6.30. The Morgan fingerprint density at radius 1 is 0.704 bits per heavy atom. The van der Waals surface area contributed by atoms with E-state index in [0.717, 1.165) is 29.5 Å². The van der Waals surface area contributed by atoms with Crippen LogP contribution in [-0.4, -0.2) is 32.1 Å². The Kier molecular flexibility index (Phi) is 4.92. The number of allylic oxidation sites excluding steroid dienone is 4. The van der Waals surface area contributed by atoms with Crippen LogP contribution in [0, 0.1) is 0 Å². The van der Waals surface area contributed by atoms with Gasteiger partial charge in [-0.3, -0.25) is 0 Å². The molecular weight excluding hydrogens is 337 g/mol. The first-order valence-corrected chi connectivity index (χ1v) is 8.86. The van der Waals surface area contributed by atoms with Crippen LogP contribution in [0.4, 0.5) is 0 Å². The Hall–Kier alpha value is -3.09. The second kappa shape index (κ2) is 7.66. The van der Waals surface area contributed by atoms with Crippen LogP contribution in [0.5, 0.6) is 0 Å². The lowest BCUT2D eigenvalue weighted by Gasteiger charge is -2.10. The third-order valence-corrected chi connectivity index (χ3v) is 4.39. The molecule has 0 bridgehead atoms. The molecular formula is C21H18BN3O2. The summed E-state index contributed by atoms with van der Waals surface area (Å²) < 4.78 is 0. The highest BCUT2D eigenvalue weighted by Crippen LogP contribution is 2.24. The molecule has 5 nitrogen and oxygen atoms in total. The Bertz CT molecular complexity index is 1000. The average Bonchev–Trinajstić information content (AvgIpc) is 2.75. The van der Waals surface area contributed by atoms with Crippen LogP contribution in [0.25, 0.3) is 28.3 Å². The van der Waals surface area contributed by atoms with E-state index < -0.39 is 7.12 Å². The van der Waals surface area contributed by atoms with E-state index in [4.69, 9.17) is 0 Å². The monoisotopic (exact) mass is 355 g/mol. The van der Waals surface area contributed by atoms with Crippen molar-refractivity contribution in [1.29, 1.82) is 0 Å². The molecule has 0 fully saturated rings. The Morgan fingerprint density at radius 3 is 1.93 bits per heavy atom. The summed E-state index contributed by atoms with van der Waals surface area (Å²) in [4.78, 5) is 12.9. The van der Waals surface area contributed by atoms with Gasteiger partial charge in [0.1, 0.15) is 0 Å². The summed E-state index contributed by atoms with van der Waals surface area (Å²) in [6, 6.07) is 17.3. The highest BCUT2D eigenvalue weighted by atomic mass is 16.4. The summed E-state index contributed by atoms with van der Waals surface area (Å²) in [7, 11) is -1.76. The fourth-order valence-electron chi connectivity index (χ4n) is 2.99. The third-order valence-electron chi connectivity index (χ3n) is 4.39. The lowest BCUT2D eigenvalue weighted by Crippen LogP contribution is -2.36. The lowest BCUT2D eigenvalue weighted by atomic mass is 9.90. The molecule has 2 aromatic carbocycles. The van der Waals surface area contributed by atoms with E-state index in [1.807, 2.05) is 54.6 Å². The van der Waals surface area contributed by atoms with Gasteiger partial charge >= 0.3 is 7.12 Å². The van der Waals surface area contributed by atoms with Gasteiger partial charge in [-0.05, 0) is 24.0 Å². The molecule has 4 rings (SSSR count). The number of hydrogen-bond donors (Lipinski definition) is 2. The van der Waals surface area contributed by atoms with Crippen molar-refractivity contribution in [3.63, 3.8) is 0 Å². The van der Waals surface area contributed by atoms with Crippen molar-refractivity contribution in [1.82, 2.24) is 15.0 Å². The molecule has 27 heavy (non-hydrogen) atoms. The molecule has 1 aliphatic rings. The first-order chi connectivity index (χ1) is 13.2. The molecule has 2 N–H and O–H groups in total. The van der Waals surface area contributed by atoms with Crippen molar-refractivity contribution in [2.24, 2.45) is 0 Å². The zero-order valence-corrected chi connectivity index (χ0v) is 14.7. The summed E-state index contributed by atoms with van der Waals surface area (Å²) >= 11 is 0. The normalized spacial score (nSPS) is 13.3. The number of rotatable bonds is 4. The third kappa shape index (κ3) is 3.87. The maximum atomic E-state index is 9.57. The molecule has 1 aromatic heterocycles. The molecule has 3 aromatic rings. The molecule has 6 heteroatoms. The first kappa shape index (κ1) is 17.3. The van der Waals surface area contributed by atoms with Gasteiger partial charge in [-0.15, -0.1) is 0 Å². The maximum absolute atomic E-state index is 9.57. The zero-order chi connectivity index (χ0) is 18.6. The van der Waals surface area contributed by atoms with Crippen LogP contribution in [0.3, 0.4) is 0 Å². The molecule has 1 aliphatic carbocycles. The van der Waals surface area contributed by atoms with Crippen LogP contribution < -0.4 is 5.72 Å². The molecule has 0 unspecified atom stereocenters.